The molecular formula is C15H16ClN3O2S. The van der Waals surface area contributed by atoms with Gasteiger partial charge >= 0.3 is 0 Å². The quantitative estimate of drug-likeness (QED) is 0.904. The Morgan fingerprint density at radius 3 is 3.18 bits per heavy atom. The third-order valence-electron chi connectivity index (χ3n) is 3.45. The van der Waals surface area contributed by atoms with Crippen LogP contribution in [0, 0.1) is 0 Å². The second-order valence-electron chi connectivity index (χ2n) is 5.05. The molecule has 1 saturated heterocycles. The summed E-state index contributed by atoms with van der Waals surface area (Å²) in [5, 5.41) is 9.12. The lowest BCUT2D eigenvalue weighted by Gasteiger charge is -2.28. The summed E-state index contributed by atoms with van der Waals surface area (Å²) in [6.45, 7) is 3.19. The number of nitrogens with zero attached hydrogens (tertiary/aromatic N) is 1. The van der Waals surface area contributed by atoms with Crippen molar-refractivity contribution in [3.05, 3.63) is 34.7 Å². The summed E-state index contributed by atoms with van der Waals surface area (Å²) < 4.78 is 5.48. The highest BCUT2D eigenvalue weighted by Crippen LogP contribution is 2.26. The number of thiazole rings is 1. The van der Waals surface area contributed by atoms with Crippen molar-refractivity contribution in [1.29, 1.82) is 0 Å². The first-order valence-electron chi connectivity index (χ1n) is 7.01. The van der Waals surface area contributed by atoms with Crippen LogP contribution < -0.4 is 10.6 Å². The number of benzene rings is 1. The van der Waals surface area contributed by atoms with Gasteiger partial charge in [-0.05, 0) is 19.1 Å². The predicted octanol–water partition coefficient (Wildman–Crippen LogP) is 2.78. The van der Waals surface area contributed by atoms with Gasteiger partial charge in [0, 0.05) is 22.5 Å². The molecule has 1 amide bonds. The first kappa shape index (κ1) is 15.4. The molecule has 1 aromatic heterocycles. The van der Waals surface area contributed by atoms with Gasteiger partial charge in [-0.15, -0.1) is 11.3 Å². The zero-order valence-electron chi connectivity index (χ0n) is 12.0. The van der Waals surface area contributed by atoms with E-state index in [4.69, 9.17) is 16.3 Å². The van der Waals surface area contributed by atoms with E-state index < -0.39 is 0 Å². The molecule has 2 N–H and O–H groups in total. The van der Waals surface area contributed by atoms with Crippen LogP contribution in [0.2, 0.25) is 5.02 Å². The van der Waals surface area contributed by atoms with Gasteiger partial charge in [0.05, 0.1) is 18.4 Å². The largest absolute Gasteiger partial charge is 0.375 e. The minimum Gasteiger partial charge on any atom is -0.375 e. The van der Waals surface area contributed by atoms with Gasteiger partial charge in [0.2, 0.25) is 5.91 Å². The molecule has 1 aromatic carbocycles. The molecule has 5 nitrogen and oxygen atoms in total. The number of carbonyl (C=O) groups is 1. The molecule has 116 valence electrons. The maximum Gasteiger partial charge on any atom is 0.245 e. The number of amides is 1. The number of aromatic nitrogens is 1. The van der Waals surface area contributed by atoms with Crippen molar-refractivity contribution in [2.75, 3.05) is 18.5 Å². The Morgan fingerprint density at radius 1 is 1.55 bits per heavy atom. The fourth-order valence-corrected chi connectivity index (χ4v) is 3.23. The minimum absolute atomic E-state index is 0.126. The van der Waals surface area contributed by atoms with E-state index >= 15 is 0 Å². The topological polar surface area (TPSA) is 63.2 Å². The number of rotatable bonds is 3. The summed E-state index contributed by atoms with van der Waals surface area (Å²) >= 11 is 7.38. The van der Waals surface area contributed by atoms with Crippen molar-refractivity contribution >= 4 is 34.0 Å². The molecule has 0 unspecified atom stereocenters. The van der Waals surface area contributed by atoms with Crippen molar-refractivity contribution in [2.24, 2.45) is 0 Å². The van der Waals surface area contributed by atoms with Gasteiger partial charge in [-0.1, -0.05) is 23.7 Å². The van der Waals surface area contributed by atoms with Gasteiger partial charge in [-0.2, -0.15) is 0 Å². The molecule has 0 bridgehead atoms. The average molecular weight is 338 g/mol. The third-order valence-corrected chi connectivity index (χ3v) is 4.45. The standard InChI is InChI=1S/C15H16ClN3O2S/c1-9-13(17-5-6-21-9)14(20)19-15-18-12(8-22-15)10-3-2-4-11(16)7-10/h2-4,7-9,13,17H,5-6H2,1H3,(H,18,19,20)/t9-,13+/m1/s1. The number of halogens is 1. The molecule has 0 radical (unpaired) electrons. The van der Waals surface area contributed by atoms with E-state index in [1.165, 1.54) is 11.3 Å². The van der Waals surface area contributed by atoms with Crippen LogP contribution in [0.25, 0.3) is 11.3 Å². The van der Waals surface area contributed by atoms with Crippen LogP contribution in [0.5, 0.6) is 0 Å². The Labute approximate surface area is 137 Å². The normalized spacial score (nSPS) is 21.5. The molecule has 22 heavy (non-hydrogen) atoms. The molecule has 1 aliphatic heterocycles. The van der Waals surface area contributed by atoms with Crippen molar-refractivity contribution in [3.8, 4) is 11.3 Å². The van der Waals surface area contributed by atoms with Crippen molar-refractivity contribution in [1.82, 2.24) is 10.3 Å². The average Bonchev–Trinajstić information content (AvgIpc) is 2.96. The number of anilines is 1. The third kappa shape index (κ3) is 3.47. The van der Waals surface area contributed by atoms with Gasteiger partial charge in [0.15, 0.2) is 5.13 Å². The number of ether oxygens (including phenoxy) is 1. The van der Waals surface area contributed by atoms with E-state index in [2.05, 4.69) is 15.6 Å². The Balaban J connectivity index is 1.70. The van der Waals surface area contributed by atoms with Crippen molar-refractivity contribution in [3.63, 3.8) is 0 Å². The maximum absolute atomic E-state index is 12.3. The van der Waals surface area contributed by atoms with Crippen LogP contribution >= 0.6 is 22.9 Å². The molecule has 7 heteroatoms. The van der Waals surface area contributed by atoms with Crippen LogP contribution in [0.3, 0.4) is 0 Å². The van der Waals surface area contributed by atoms with Crippen LogP contribution in [0.4, 0.5) is 5.13 Å². The summed E-state index contributed by atoms with van der Waals surface area (Å²) in [5.74, 6) is -0.126. The molecule has 2 atom stereocenters. The lowest BCUT2D eigenvalue weighted by atomic mass is 10.1. The first-order valence-corrected chi connectivity index (χ1v) is 8.26. The molecule has 0 saturated carbocycles. The van der Waals surface area contributed by atoms with E-state index in [0.717, 1.165) is 11.3 Å². The van der Waals surface area contributed by atoms with E-state index in [-0.39, 0.29) is 18.1 Å². The zero-order chi connectivity index (χ0) is 15.5. The molecule has 3 rings (SSSR count). The van der Waals surface area contributed by atoms with Gasteiger partial charge < -0.3 is 15.4 Å². The number of morpholine rings is 1. The molecule has 1 aliphatic rings. The molecule has 0 aliphatic carbocycles. The van der Waals surface area contributed by atoms with Gasteiger partial charge in [-0.3, -0.25) is 4.79 Å². The van der Waals surface area contributed by atoms with Gasteiger partial charge in [-0.25, -0.2) is 4.98 Å². The highest BCUT2D eigenvalue weighted by atomic mass is 35.5. The predicted molar refractivity (Wildman–Crippen MR) is 88.4 cm³/mol. The Hall–Kier alpha value is -1.47. The fourth-order valence-electron chi connectivity index (χ4n) is 2.32. The summed E-state index contributed by atoms with van der Waals surface area (Å²) in [5.41, 5.74) is 1.72. The highest BCUT2D eigenvalue weighted by molar-refractivity contribution is 7.14. The zero-order valence-corrected chi connectivity index (χ0v) is 13.6. The summed E-state index contributed by atoms with van der Waals surface area (Å²) in [7, 11) is 0. The maximum atomic E-state index is 12.3. The minimum atomic E-state index is -0.354. The second-order valence-corrected chi connectivity index (χ2v) is 6.34. The van der Waals surface area contributed by atoms with Crippen molar-refractivity contribution in [2.45, 2.75) is 19.1 Å². The number of carbonyl (C=O) groups excluding carboxylic acids is 1. The van der Waals surface area contributed by atoms with Crippen LogP contribution in [-0.4, -0.2) is 36.2 Å². The summed E-state index contributed by atoms with van der Waals surface area (Å²) in [6, 6.07) is 7.12. The smallest absolute Gasteiger partial charge is 0.245 e. The van der Waals surface area contributed by atoms with Crippen molar-refractivity contribution < 1.29 is 9.53 Å². The second kappa shape index (κ2) is 6.75. The number of nitrogens with one attached hydrogen (secondary N) is 2. The summed E-state index contributed by atoms with van der Waals surface area (Å²) in [6.07, 6.45) is -0.152. The molecule has 2 aromatic rings. The molecular weight excluding hydrogens is 322 g/mol. The van der Waals surface area contributed by atoms with E-state index in [1.807, 2.05) is 36.6 Å². The lowest BCUT2D eigenvalue weighted by Crippen LogP contribution is -2.53. The van der Waals surface area contributed by atoms with E-state index in [9.17, 15) is 4.79 Å². The van der Waals surface area contributed by atoms with Crippen LogP contribution in [-0.2, 0) is 9.53 Å². The number of hydrogen-bond acceptors (Lipinski definition) is 5. The van der Waals surface area contributed by atoms with E-state index in [0.29, 0.717) is 23.3 Å². The Kier molecular flexibility index (Phi) is 4.73. The first-order chi connectivity index (χ1) is 10.6. The molecule has 0 spiro atoms. The molecule has 1 fully saturated rings. The fraction of sp³-hybridized carbons (Fsp3) is 0.333. The van der Waals surface area contributed by atoms with Crippen LogP contribution in [0.1, 0.15) is 6.92 Å². The van der Waals surface area contributed by atoms with E-state index in [1.54, 1.807) is 0 Å². The Morgan fingerprint density at radius 2 is 2.41 bits per heavy atom. The van der Waals surface area contributed by atoms with Gasteiger partial charge in [0.1, 0.15) is 6.04 Å². The lowest BCUT2D eigenvalue weighted by molar-refractivity contribution is -0.123. The monoisotopic (exact) mass is 337 g/mol. The highest BCUT2D eigenvalue weighted by Gasteiger charge is 2.28. The molecule has 2 heterocycles. The van der Waals surface area contributed by atoms with Gasteiger partial charge in [0.25, 0.3) is 0 Å². The SMILES string of the molecule is C[C@H]1OCCN[C@@H]1C(=O)Nc1nc(-c2cccc(Cl)c2)cs1. The number of hydrogen-bond donors (Lipinski definition) is 2. The van der Waals surface area contributed by atoms with Crippen LogP contribution in [0.15, 0.2) is 29.6 Å². The Bertz CT molecular complexity index is 676. The summed E-state index contributed by atoms with van der Waals surface area (Å²) in [4.78, 5) is 16.7.